The molecule has 0 aromatic heterocycles. The Labute approximate surface area is 167 Å². The van der Waals surface area contributed by atoms with Crippen LogP contribution in [0.15, 0.2) is 0 Å². The summed E-state index contributed by atoms with van der Waals surface area (Å²) in [6.07, 6.45) is 3.44. The molecule has 0 rings (SSSR count). The predicted octanol–water partition coefficient (Wildman–Crippen LogP) is 8.00. The van der Waals surface area contributed by atoms with Crippen molar-refractivity contribution >= 4 is 0 Å². The molecule has 0 N–H and O–H groups in total. The smallest absolute Gasteiger partial charge is 0.0514 e. The van der Waals surface area contributed by atoms with Gasteiger partial charge in [-0.3, -0.25) is 0 Å². The summed E-state index contributed by atoms with van der Waals surface area (Å²) in [5, 5.41) is 0. The Bertz CT molecular complexity index is 273. The summed E-state index contributed by atoms with van der Waals surface area (Å²) in [5.74, 6) is 0. The summed E-state index contributed by atoms with van der Waals surface area (Å²) in [5.41, 5.74) is 1.51. The second kappa shape index (κ2) is 13.2. The van der Waals surface area contributed by atoms with Gasteiger partial charge in [0.2, 0.25) is 0 Å². The number of ether oxygens (including phenoxy) is 2. The lowest BCUT2D eigenvalue weighted by atomic mass is 9.92. The third-order valence-electron chi connectivity index (χ3n) is 3.52. The first-order valence-electron chi connectivity index (χ1n) is 10.1. The van der Waals surface area contributed by atoms with Gasteiger partial charge in [-0.25, -0.2) is 0 Å². The second-order valence-corrected chi connectivity index (χ2v) is 12.2. The molecule has 0 saturated carbocycles. The van der Waals surface area contributed by atoms with Crippen molar-refractivity contribution in [3.63, 3.8) is 0 Å². The van der Waals surface area contributed by atoms with E-state index in [4.69, 9.17) is 9.47 Å². The average molecular weight is 375 g/mol. The maximum Gasteiger partial charge on any atom is 0.0514 e. The molecule has 0 bridgehead atoms. The van der Waals surface area contributed by atoms with E-state index >= 15 is 0 Å². The molecule has 0 aromatic rings. The van der Waals surface area contributed by atoms with E-state index in [0.717, 1.165) is 45.7 Å². The Morgan fingerprint density at radius 1 is 0.423 bits per heavy atom. The van der Waals surface area contributed by atoms with Crippen LogP contribution in [0.25, 0.3) is 0 Å². The lowest BCUT2D eigenvalue weighted by Crippen LogP contribution is -2.17. The normalized spacial score (nSPS) is 12.9. The zero-order valence-corrected chi connectivity index (χ0v) is 19.8. The highest BCUT2D eigenvalue weighted by Crippen LogP contribution is 2.21. The van der Waals surface area contributed by atoms with Crippen LogP contribution in [0, 0.1) is 21.7 Å². The summed E-state index contributed by atoms with van der Waals surface area (Å²) in [6.45, 7) is 30.4. The molecular weight excluding hydrogens is 320 g/mol. The highest BCUT2D eigenvalue weighted by molar-refractivity contribution is 4.63. The number of rotatable bonds is 7. The number of hydrogen-bond donors (Lipinski definition) is 0. The van der Waals surface area contributed by atoms with Crippen molar-refractivity contribution in [2.75, 3.05) is 26.4 Å². The molecule has 0 saturated heterocycles. The molecule has 0 heterocycles. The molecule has 2 heteroatoms. The highest BCUT2D eigenvalue weighted by Gasteiger charge is 2.13. The van der Waals surface area contributed by atoms with Gasteiger partial charge in [-0.1, -0.05) is 90.5 Å². The van der Waals surface area contributed by atoms with Crippen molar-refractivity contribution in [1.29, 1.82) is 0 Å². The van der Waals surface area contributed by atoms with Crippen molar-refractivity contribution in [3.8, 4) is 0 Å². The van der Waals surface area contributed by atoms with Gasteiger partial charge in [0, 0.05) is 19.8 Å². The highest BCUT2D eigenvalue weighted by atomic mass is 16.5. The first-order valence-corrected chi connectivity index (χ1v) is 10.1. The van der Waals surface area contributed by atoms with Gasteiger partial charge >= 0.3 is 0 Å². The van der Waals surface area contributed by atoms with E-state index < -0.39 is 0 Å². The topological polar surface area (TPSA) is 18.5 Å². The van der Waals surface area contributed by atoms with Crippen LogP contribution in [0.3, 0.4) is 0 Å². The van der Waals surface area contributed by atoms with Crippen molar-refractivity contribution in [2.45, 2.75) is 110 Å². The van der Waals surface area contributed by atoms with Crippen molar-refractivity contribution < 1.29 is 9.47 Å². The Kier molecular flexibility index (Phi) is 15.5. The molecule has 0 aromatic carbocycles. The van der Waals surface area contributed by atoms with Gasteiger partial charge in [-0.2, -0.15) is 0 Å². The van der Waals surface area contributed by atoms with Crippen LogP contribution in [0.1, 0.15) is 110 Å². The van der Waals surface area contributed by atoms with Crippen LogP contribution in [-0.2, 0) is 9.47 Å². The summed E-state index contributed by atoms with van der Waals surface area (Å²) in [4.78, 5) is 0. The van der Waals surface area contributed by atoms with Crippen LogP contribution in [-0.4, -0.2) is 26.4 Å². The van der Waals surface area contributed by atoms with E-state index in [9.17, 15) is 0 Å². The predicted molar refractivity (Wildman–Crippen MR) is 120 cm³/mol. The van der Waals surface area contributed by atoms with Crippen LogP contribution in [0.5, 0.6) is 0 Å². The Balaban J connectivity index is -0.000000393. The molecule has 162 valence electrons. The molecule has 0 aliphatic carbocycles. The zero-order valence-electron chi connectivity index (χ0n) is 19.8. The molecule has 0 unspecified atom stereocenters. The van der Waals surface area contributed by atoms with Gasteiger partial charge in [-0.15, -0.1) is 0 Å². The molecule has 0 atom stereocenters. The Morgan fingerprint density at radius 2 is 0.692 bits per heavy atom. The van der Waals surface area contributed by atoms with Gasteiger partial charge in [0.05, 0.1) is 6.61 Å². The minimum atomic E-state index is 0. The molecule has 0 aliphatic rings. The maximum atomic E-state index is 5.59. The minimum absolute atomic E-state index is 0. The molecule has 0 aliphatic heterocycles. The molecular formula is C24H54O2. The van der Waals surface area contributed by atoms with Crippen LogP contribution in [0.4, 0.5) is 0 Å². The molecule has 0 fully saturated rings. The fourth-order valence-electron chi connectivity index (χ4n) is 1.62. The maximum absolute atomic E-state index is 5.59. The van der Waals surface area contributed by atoms with Crippen molar-refractivity contribution in [1.82, 2.24) is 0 Å². The fourth-order valence-corrected chi connectivity index (χ4v) is 1.62. The lowest BCUT2D eigenvalue weighted by Gasteiger charge is -2.21. The molecule has 26 heavy (non-hydrogen) atoms. The SMILES string of the molecule is C.CC(C)(C)CCOCC(C)(C)C.CC(C)(C)CCOCCC(C)(C)C. The standard InChI is InChI=1S/C12H26O.C11H24O.CH4/c1-11(2,3)7-9-13-10-8-12(4,5)6;1-10(2,3)7-8-12-9-11(4,5)6;/h7-10H2,1-6H3;7-9H2,1-6H3;1H4. The van der Waals surface area contributed by atoms with Gasteiger partial charge in [0.15, 0.2) is 0 Å². The third kappa shape index (κ3) is 35.1. The molecule has 0 radical (unpaired) electrons. The van der Waals surface area contributed by atoms with E-state index in [1.165, 1.54) is 0 Å². The van der Waals surface area contributed by atoms with Crippen LogP contribution in [0.2, 0.25) is 0 Å². The Morgan fingerprint density at radius 3 is 0.923 bits per heavy atom. The fraction of sp³-hybridized carbons (Fsp3) is 1.00. The van der Waals surface area contributed by atoms with Gasteiger partial charge in [0.25, 0.3) is 0 Å². The van der Waals surface area contributed by atoms with Gasteiger partial charge < -0.3 is 9.47 Å². The first-order chi connectivity index (χ1) is 10.9. The largest absolute Gasteiger partial charge is 0.381 e. The zero-order chi connectivity index (χ0) is 20.4. The summed E-state index contributed by atoms with van der Waals surface area (Å²) >= 11 is 0. The number of hydrogen-bond acceptors (Lipinski definition) is 2. The van der Waals surface area contributed by atoms with Gasteiger partial charge in [0.1, 0.15) is 0 Å². The van der Waals surface area contributed by atoms with E-state index in [-0.39, 0.29) is 7.43 Å². The van der Waals surface area contributed by atoms with Crippen LogP contribution >= 0.6 is 0 Å². The third-order valence-corrected chi connectivity index (χ3v) is 3.52. The minimum Gasteiger partial charge on any atom is -0.381 e. The molecule has 2 nitrogen and oxygen atoms in total. The van der Waals surface area contributed by atoms with E-state index in [2.05, 4.69) is 83.1 Å². The van der Waals surface area contributed by atoms with E-state index in [1.54, 1.807) is 0 Å². The summed E-state index contributed by atoms with van der Waals surface area (Å²) < 4.78 is 11.2. The monoisotopic (exact) mass is 374 g/mol. The van der Waals surface area contributed by atoms with Gasteiger partial charge in [-0.05, 0) is 40.9 Å². The van der Waals surface area contributed by atoms with Crippen molar-refractivity contribution in [2.24, 2.45) is 21.7 Å². The summed E-state index contributed by atoms with van der Waals surface area (Å²) in [7, 11) is 0. The van der Waals surface area contributed by atoms with E-state index in [1.807, 2.05) is 0 Å². The Hall–Kier alpha value is -0.0800. The lowest BCUT2D eigenvalue weighted by molar-refractivity contribution is 0.0556. The van der Waals surface area contributed by atoms with Crippen LogP contribution < -0.4 is 0 Å². The van der Waals surface area contributed by atoms with Crippen molar-refractivity contribution in [3.05, 3.63) is 0 Å². The summed E-state index contributed by atoms with van der Waals surface area (Å²) in [6, 6.07) is 0. The molecule has 0 spiro atoms. The first kappa shape index (κ1) is 30.6. The molecule has 0 amide bonds. The average Bonchev–Trinajstić information content (AvgIpc) is 2.30. The van der Waals surface area contributed by atoms with E-state index in [0.29, 0.717) is 21.7 Å². The second-order valence-electron chi connectivity index (χ2n) is 12.2. The quantitative estimate of drug-likeness (QED) is 0.420.